The van der Waals surface area contributed by atoms with Crippen molar-refractivity contribution in [3.8, 4) is 55.6 Å². The molecule has 1 unspecified atom stereocenters. The van der Waals surface area contributed by atoms with Gasteiger partial charge in [0.05, 0.1) is 17.7 Å². The summed E-state index contributed by atoms with van der Waals surface area (Å²) in [5, 5.41) is 0. The SMILES string of the molecule is [C-]#[N+]c1cccc2c1-c1cccc(N(c3ccc(-c4ccccc4)cc3)c3cc(-c4ccccc4)cc(-c4ccccc4)c3)c1C21c2ccccc2-c2c(F)cc(C)cc21. The third-order valence-corrected chi connectivity index (χ3v) is 12.4. The van der Waals surface area contributed by atoms with Crippen molar-refractivity contribution in [3.63, 3.8) is 0 Å². The molecule has 11 rings (SSSR count). The van der Waals surface area contributed by atoms with Crippen molar-refractivity contribution in [3.05, 3.63) is 251 Å². The topological polar surface area (TPSA) is 7.60 Å². The van der Waals surface area contributed by atoms with Gasteiger partial charge in [0.15, 0.2) is 5.69 Å². The Labute approximate surface area is 349 Å². The molecule has 9 aromatic rings. The summed E-state index contributed by atoms with van der Waals surface area (Å²) in [5.41, 5.74) is 17.4. The number of aryl methyl sites for hydroxylation is 1. The lowest BCUT2D eigenvalue weighted by Crippen LogP contribution is -2.28. The van der Waals surface area contributed by atoms with Crippen molar-refractivity contribution in [2.75, 3.05) is 4.90 Å². The molecule has 2 aliphatic carbocycles. The molecule has 9 aromatic carbocycles. The number of fused-ring (bicyclic) bond motifs is 10. The van der Waals surface area contributed by atoms with E-state index in [0.29, 0.717) is 11.3 Å². The number of benzene rings is 9. The van der Waals surface area contributed by atoms with Gasteiger partial charge in [0.2, 0.25) is 0 Å². The number of nitrogens with zero attached hydrogens (tertiary/aromatic N) is 2. The van der Waals surface area contributed by atoms with E-state index in [1.54, 1.807) is 6.07 Å². The summed E-state index contributed by atoms with van der Waals surface area (Å²) >= 11 is 0. The summed E-state index contributed by atoms with van der Waals surface area (Å²) in [6.07, 6.45) is 0. The summed E-state index contributed by atoms with van der Waals surface area (Å²) < 4.78 is 16.7. The number of hydrogen-bond acceptors (Lipinski definition) is 1. The average molecular weight is 769 g/mol. The molecule has 0 radical (unpaired) electrons. The van der Waals surface area contributed by atoms with Crippen LogP contribution in [0.4, 0.5) is 27.1 Å². The Balaban J connectivity index is 1.27. The van der Waals surface area contributed by atoms with Crippen molar-refractivity contribution in [2.24, 2.45) is 0 Å². The molecule has 0 saturated carbocycles. The second-order valence-corrected chi connectivity index (χ2v) is 15.7. The largest absolute Gasteiger partial charge is 0.310 e. The van der Waals surface area contributed by atoms with Crippen molar-refractivity contribution < 1.29 is 4.39 Å². The van der Waals surface area contributed by atoms with Crippen LogP contribution in [0.15, 0.2) is 206 Å². The fourth-order valence-corrected chi connectivity index (χ4v) is 9.93. The van der Waals surface area contributed by atoms with Crippen LogP contribution in [0.2, 0.25) is 0 Å². The molecule has 282 valence electrons. The van der Waals surface area contributed by atoms with Crippen LogP contribution in [0.1, 0.15) is 27.8 Å². The highest BCUT2D eigenvalue weighted by molar-refractivity contribution is 6.03. The molecule has 3 heteroatoms. The van der Waals surface area contributed by atoms with Crippen LogP contribution < -0.4 is 4.90 Å². The van der Waals surface area contributed by atoms with E-state index in [1.807, 2.05) is 31.2 Å². The maximum Gasteiger partial charge on any atom is 0.195 e. The molecule has 2 aliphatic rings. The number of anilines is 3. The monoisotopic (exact) mass is 768 g/mol. The van der Waals surface area contributed by atoms with Gasteiger partial charge in [-0.3, -0.25) is 0 Å². The first-order valence-corrected chi connectivity index (χ1v) is 20.3. The predicted molar refractivity (Wildman–Crippen MR) is 245 cm³/mol. The second-order valence-electron chi connectivity index (χ2n) is 15.7. The van der Waals surface area contributed by atoms with Crippen LogP contribution in [0, 0.1) is 19.3 Å². The number of hydrogen-bond donors (Lipinski definition) is 0. The normalized spacial score (nSPS) is 14.2. The Kier molecular flexibility index (Phi) is 8.22. The second kappa shape index (κ2) is 13.9. The summed E-state index contributed by atoms with van der Waals surface area (Å²) in [6, 6.07) is 71.8. The zero-order valence-corrected chi connectivity index (χ0v) is 32.9. The molecule has 0 fully saturated rings. The minimum Gasteiger partial charge on any atom is -0.310 e. The Bertz CT molecular complexity index is 3110. The molecule has 0 N–H and O–H groups in total. The predicted octanol–water partition coefficient (Wildman–Crippen LogP) is 15.5. The van der Waals surface area contributed by atoms with Gasteiger partial charge in [-0.15, -0.1) is 0 Å². The average Bonchev–Trinajstić information content (AvgIpc) is 3.78. The van der Waals surface area contributed by atoms with Gasteiger partial charge < -0.3 is 4.90 Å². The van der Waals surface area contributed by atoms with Gasteiger partial charge in [0, 0.05) is 22.5 Å². The van der Waals surface area contributed by atoms with E-state index in [2.05, 4.69) is 186 Å². The van der Waals surface area contributed by atoms with E-state index < -0.39 is 5.41 Å². The molecular weight excluding hydrogens is 732 g/mol. The van der Waals surface area contributed by atoms with E-state index in [1.165, 1.54) is 0 Å². The van der Waals surface area contributed by atoms with Crippen molar-refractivity contribution in [1.29, 1.82) is 0 Å². The van der Waals surface area contributed by atoms with Crippen LogP contribution in [0.5, 0.6) is 0 Å². The lowest BCUT2D eigenvalue weighted by Gasteiger charge is -2.36. The zero-order valence-electron chi connectivity index (χ0n) is 32.9. The van der Waals surface area contributed by atoms with E-state index in [0.717, 1.165) is 95.0 Å². The number of halogens is 1. The van der Waals surface area contributed by atoms with Gasteiger partial charge in [-0.05, 0) is 122 Å². The lowest BCUT2D eigenvalue weighted by molar-refractivity contribution is 0.627. The Morgan fingerprint density at radius 1 is 0.450 bits per heavy atom. The molecule has 0 amide bonds. The van der Waals surface area contributed by atoms with E-state index in [4.69, 9.17) is 6.57 Å². The minimum atomic E-state index is -0.914. The Morgan fingerprint density at radius 2 is 1.00 bits per heavy atom. The molecule has 0 heterocycles. The van der Waals surface area contributed by atoms with E-state index >= 15 is 4.39 Å². The maximum atomic E-state index is 16.7. The van der Waals surface area contributed by atoms with Gasteiger partial charge in [0.25, 0.3) is 0 Å². The standard InChI is InChI=1S/C57H37FN2/c1-37-32-50-54(51(58)33-37)46-22-12-13-24-48(46)57(50)49-25-15-26-52(59-2)55(49)47-23-14-27-53(56(47)57)60(44-30-28-41(29-31-44)38-16-6-3-7-17-38)45-35-42(39-18-8-4-9-19-39)34-43(36-45)40-20-10-5-11-21-40/h3-36H,1H3. The molecular formula is C57H37FN2. The summed E-state index contributed by atoms with van der Waals surface area (Å²) in [7, 11) is 0. The van der Waals surface area contributed by atoms with Crippen LogP contribution in [-0.4, -0.2) is 0 Å². The smallest absolute Gasteiger partial charge is 0.195 e. The van der Waals surface area contributed by atoms with Crippen LogP contribution in [0.3, 0.4) is 0 Å². The molecule has 1 spiro atoms. The quantitative estimate of drug-likeness (QED) is 0.153. The van der Waals surface area contributed by atoms with Gasteiger partial charge in [-0.1, -0.05) is 164 Å². The van der Waals surface area contributed by atoms with Gasteiger partial charge in [0.1, 0.15) is 5.82 Å². The lowest BCUT2D eigenvalue weighted by atomic mass is 9.69. The van der Waals surface area contributed by atoms with E-state index in [9.17, 15) is 0 Å². The van der Waals surface area contributed by atoms with Crippen molar-refractivity contribution in [2.45, 2.75) is 12.3 Å². The minimum absolute atomic E-state index is 0.237. The highest BCUT2D eigenvalue weighted by Gasteiger charge is 2.54. The highest BCUT2D eigenvalue weighted by Crippen LogP contribution is 2.67. The summed E-state index contributed by atoms with van der Waals surface area (Å²) in [6.45, 7) is 10.4. The third kappa shape index (κ3) is 5.32. The first-order valence-electron chi connectivity index (χ1n) is 20.3. The van der Waals surface area contributed by atoms with Crippen molar-refractivity contribution >= 4 is 22.7 Å². The molecule has 0 aliphatic heterocycles. The van der Waals surface area contributed by atoms with Crippen LogP contribution >= 0.6 is 0 Å². The Hall–Kier alpha value is -7.80. The maximum absolute atomic E-state index is 16.7. The summed E-state index contributed by atoms with van der Waals surface area (Å²) in [5.74, 6) is -0.237. The van der Waals surface area contributed by atoms with Crippen LogP contribution in [0.25, 0.3) is 60.5 Å². The van der Waals surface area contributed by atoms with Crippen molar-refractivity contribution in [1.82, 2.24) is 0 Å². The molecule has 0 aromatic heterocycles. The highest BCUT2D eigenvalue weighted by atomic mass is 19.1. The molecule has 1 atom stereocenters. The summed E-state index contributed by atoms with van der Waals surface area (Å²) in [4.78, 5) is 6.50. The zero-order chi connectivity index (χ0) is 40.4. The molecule has 0 bridgehead atoms. The van der Waals surface area contributed by atoms with E-state index in [-0.39, 0.29) is 5.82 Å². The molecule has 2 nitrogen and oxygen atoms in total. The van der Waals surface area contributed by atoms with Gasteiger partial charge in [-0.25, -0.2) is 9.24 Å². The van der Waals surface area contributed by atoms with Crippen LogP contribution in [-0.2, 0) is 5.41 Å². The fourth-order valence-electron chi connectivity index (χ4n) is 9.93. The first kappa shape index (κ1) is 35.4. The molecule has 0 saturated heterocycles. The fraction of sp³-hybridized carbons (Fsp3) is 0.0351. The van der Waals surface area contributed by atoms with Gasteiger partial charge >= 0.3 is 0 Å². The molecule has 60 heavy (non-hydrogen) atoms. The first-order chi connectivity index (χ1) is 29.5. The third-order valence-electron chi connectivity index (χ3n) is 12.4. The Morgan fingerprint density at radius 3 is 1.65 bits per heavy atom. The van der Waals surface area contributed by atoms with Gasteiger partial charge in [-0.2, -0.15) is 0 Å². The number of rotatable bonds is 6.